The van der Waals surface area contributed by atoms with Gasteiger partial charge in [-0.05, 0) is 60.4 Å². The zero-order chi connectivity index (χ0) is 20.9. The van der Waals surface area contributed by atoms with Gasteiger partial charge in [0.15, 0.2) is 0 Å². The van der Waals surface area contributed by atoms with Crippen molar-refractivity contribution in [3.63, 3.8) is 0 Å². The number of fused-ring (bicyclic) bond motifs is 1. The quantitative estimate of drug-likeness (QED) is 0.662. The van der Waals surface area contributed by atoms with E-state index in [-0.39, 0.29) is 17.9 Å². The number of benzene rings is 1. The second kappa shape index (κ2) is 9.47. The highest BCUT2D eigenvalue weighted by molar-refractivity contribution is 7.10. The van der Waals surface area contributed by atoms with Crippen LogP contribution in [0.2, 0.25) is 0 Å². The molecule has 1 aromatic heterocycles. The minimum atomic E-state index is 0.0727. The highest BCUT2D eigenvalue weighted by Crippen LogP contribution is 2.31. The fourth-order valence-corrected chi connectivity index (χ4v) is 5.15. The Hall–Kier alpha value is -2.60. The first-order valence-corrected chi connectivity index (χ1v) is 11.4. The fraction of sp³-hybridized carbons (Fsp3) is 0.417. The molecule has 2 saturated heterocycles. The van der Waals surface area contributed by atoms with Gasteiger partial charge in [0.05, 0.1) is 7.11 Å². The van der Waals surface area contributed by atoms with Gasteiger partial charge in [0, 0.05) is 43.1 Å². The SMILES string of the molecule is COc1ccc(CCN2C(=O)CC[C@@H]3CN(C(=O)C=Cc4cccs4)CC[C@@H]32)cc1. The molecular weight excluding hydrogens is 396 g/mol. The average molecular weight is 425 g/mol. The van der Waals surface area contributed by atoms with E-state index in [4.69, 9.17) is 4.74 Å². The molecule has 158 valence electrons. The van der Waals surface area contributed by atoms with Crippen molar-refractivity contribution in [2.75, 3.05) is 26.7 Å². The van der Waals surface area contributed by atoms with Crippen molar-refractivity contribution in [3.8, 4) is 5.75 Å². The third-order valence-corrected chi connectivity index (χ3v) is 7.03. The lowest BCUT2D eigenvalue weighted by Gasteiger charge is -2.47. The maximum absolute atomic E-state index is 12.6. The first-order chi connectivity index (χ1) is 14.6. The number of carbonyl (C=O) groups is 2. The first kappa shape index (κ1) is 20.7. The molecular formula is C24H28N2O3S. The molecule has 4 rings (SSSR count). The van der Waals surface area contributed by atoms with Gasteiger partial charge in [-0.3, -0.25) is 9.59 Å². The van der Waals surface area contributed by atoms with Gasteiger partial charge in [-0.2, -0.15) is 0 Å². The molecule has 3 heterocycles. The van der Waals surface area contributed by atoms with E-state index in [9.17, 15) is 9.59 Å². The largest absolute Gasteiger partial charge is 0.497 e. The van der Waals surface area contributed by atoms with Crippen LogP contribution in [0.25, 0.3) is 6.08 Å². The second-order valence-electron chi connectivity index (χ2n) is 7.97. The molecule has 2 aliphatic heterocycles. The number of carbonyl (C=O) groups excluding carboxylic acids is 2. The zero-order valence-corrected chi connectivity index (χ0v) is 18.1. The Labute approximate surface area is 181 Å². The van der Waals surface area contributed by atoms with Crippen molar-refractivity contribution in [2.24, 2.45) is 5.92 Å². The van der Waals surface area contributed by atoms with Gasteiger partial charge in [-0.25, -0.2) is 0 Å². The summed E-state index contributed by atoms with van der Waals surface area (Å²) in [6.07, 6.45) is 6.73. The van der Waals surface area contributed by atoms with E-state index in [0.717, 1.165) is 43.0 Å². The van der Waals surface area contributed by atoms with E-state index >= 15 is 0 Å². The lowest BCUT2D eigenvalue weighted by molar-refractivity contribution is -0.142. The van der Waals surface area contributed by atoms with Crippen LogP contribution in [0.4, 0.5) is 0 Å². The van der Waals surface area contributed by atoms with E-state index in [0.29, 0.717) is 18.9 Å². The molecule has 0 N–H and O–H groups in total. The van der Waals surface area contributed by atoms with Crippen LogP contribution in [0.3, 0.4) is 0 Å². The molecule has 0 aliphatic carbocycles. The Balaban J connectivity index is 1.35. The standard InChI is InChI=1S/C24H28N2O3S/c1-29-20-7-4-18(5-8-20)12-15-26-22-13-14-25(17-19(22)6-10-24(26)28)23(27)11-9-21-3-2-16-30-21/h2-5,7-9,11,16,19,22H,6,10,12-15,17H2,1H3/t19-,22+/m1/s1. The average Bonchev–Trinajstić information content (AvgIpc) is 3.30. The van der Waals surface area contributed by atoms with E-state index in [1.807, 2.05) is 40.6 Å². The maximum atomic E-state index is 12.6. The summed E-state index contributed by atoms with van der Waals surface area (Å²) in [5.74, 6) is 1.54. The van der Waals surface area contributed by atoms with Gasteiger partial charge in [0.25, 0.3) is 0 Å². The number of hydrogen-bond acceptors (Lipinski definition) is 4. The van der Waals surface area contributed by atoms with Crippen LogP contribution in [0.5, 0.6) is 5.75 Å². The Morgan fingerprint density at radius 1 is 1.23 bits per heavy atom. The number of hydrogen-bond donors (Lipinski definition) is 0. The minimum absolute atomic E-state index is 0.0727. The third-order valence-electron chi connectivity index (χ3n) is 6.19. The third kappa shape index (κ3) is 4.75. The summed E-state index contributed by atoms with van der Waals surface area (Å²) in [7, 11) is 1.66. The topological polar surface area (TPSA) is 49.9 Å². The molecule has 2 amide bonds. The summed E-state index contributed by atoms with van der Waals surface area (Å²) < 4.78 is 5.22. The fourth-order valence-electron chi connectivity index (χ4n) is 4.53. The Morgan fingerprint density at radius 2 is 2.07 bits per heavy atom. The number of rotatable bonds is 6. The van der Waals surface area contributed by atoms with E-state index < -0.39 is 0 Å². The van der Waals surface area contributed by atoms with E-state index in [1.54, 1.807) is 24.5 Å². The maximum Gasteiger partial charge on any atom is 0.246 e. The van der Waals surface area contributed by atoms with Gasteiger partial charge < -0.3 is 14.5 Å². The molecule has 30 heavy (non-hydrogen) atoms. The van der Waals surface area contributed by atoms with Gasteiger partial charge in [0.1, 0.15) is 5.75 Å². The van der Waals surface area contributed by atoms with Crippen molar-refractivity contribution >= 4 is 29.2 Å². The number of piperidine rings is 2. The molecule has 0 saturated carbocycles. The summed E-state index contributed by atoms with van der Waals surface area (Å²) >= 11 is 1.63. The molecule has 0 spiro atoms. The molecule has 2 atom stereocenters. The Morgan fingerprint density at radius 3 is 2.80 bits per heavy atom. The highest BCUT2D eigenvalue weighted by atomic mass is 32.1. The van der Waals surface area contributed by atoms with Crippen LogP contribution in [-0.4, -0.2) is 54.4 Å². The summed E-state index contributed by atoms with van der Waals surface area (Å²) in [6.45, 7) is 2.18. The van der Waals surface area contributed by atoms with Crippen LogP contribution in [0.1, 0.15) is 29.7 Å². The molecule has 0 radical (unpaired) electrons. The van der Waals surface area contributed by atoms with Crippen molar-refractivity contribution in [1.29, 1.82) is 0 Å². The predicted molar refractivity (Wildman–Crippen MR) is 119 cm³/mol. The number of likely N-dealkylation sites (tertiary alicyclic amines) is 2. The number of methoxy groups -OCH3 is 1. The zero-order valence-electron chi connectivity index (χ0n) is 17.3. The smallest absolute Gasteiger partial charge is 0.246 e. The van der Waals surface area contributed by atoms with Crippen molar-refractivity contribution < 1.29 is 14.3 Å². The summed E-state index contributed by atoms with van der Waals surface area (Å²) in [4.78, 5) is 30.4. The van der Waals surface area contributed by atoms with Gasteiger partial charge in [-0.1, -0.05) is 18.2 Å². The molecule has 2 aliphatic rings. The minimum Gasteiger partial charge on any atom is -0.497 e. The van der Waals surface area contributed by atoms with Crippen LogP contribution >= 0.6 is 11.3 Å². The predicted octanol–water partition coefficient (Wildman–Crippen LogP) is 3.85. The molecule has 0 unspecified atom stereocenters. The van der Waals surface area contributed by atoms with Crippen molar-refractivity contribution in [1.82, 2.24) is 9.80 Å². The van der Waals surface area contributed by atoms with Crippen LogP contribution in [0.15, 0.2) is 47.9 Å². The molecule has 1 aromatic carbocycles. The molecule has 2 aromatic rings. The number of ether oxygens (including phenoxy) is 1. The monoisotopic (exact) mass is 424 g/mol. The van der Waals surface area contributed by atoms with E-state index in [1.165, 1.54) is 5.56 Å². The normalized spacial score (nSPS) is 21.7. The van der Waals surface area contributed by atoms with Crippen LogP contribution < -0.4 is 4.74 Å². The van der Waals surface area contributed by atoms with Crippen LogP contribution in [-0.2, 0) is 16.0 Å². The van der Waals surface area contributed by atoms with Crippen molar-refractivity contribution in [3.05, 3.63) is 58.3 Å². The van der Waals surface area contributed by atoms with Crippen LogP contribution in [0, 0.1) is 5.92 Å². The van der Waals surface area contributed by atoms with Gasteiger partial charge in [0.2, 0.25) is 11.8 Å². The highest BCUT2D eigenvalue weighted by Gasteiger charge is 2.39. The van der Waals surface area contributed by atoms with Gasteiger partial charge in [-0.15, -0.1) is 11.3 Å². The first-order valence-electron chi connectivity index (χ1n) is 10.6. The van der Waals surface area contributed by atoms with Crippen molar-refractivity contribution in [2.45, 2.75) is 31.7 Å². The van der Waals surface area contributed by atoms with Gasteiger partial charge >= 0.3 is 0 Å². The summed E-state index contributed by atoms with van der Waals surface area (Å²) in [5.41, 5.74) is 1.21. The molecule has 2 fully saturated rings. The number of thiophene rings is 1. The molecule has 6 heteroatoms. The molecule has 0 bridgehead atoms. The number of nitrogens with zero attached hydrogens (tertiary/aromatic N) is 2. The Bertz CT molecular complexity index is 892. The summed E-state index contributed by atoms with van der Waals surface area (Å²) in [5, 5.41) is 2.01. The van der Waals surface area contributed by atoms with E-state index in [2.05, 4.69) is 17.0 Å². The lowest BCUT2D eigenvalue weighted by atomic mass is 9.83. The number of amides is 2. The Kier molecular flexibility index (Phi) is 6.53. The second-order valence-corrected chi connectivity index (χ2v) is 8.95. The summed E-state index contributed by atoms with van der Waals surface area (Å²) in [6, 6.07) is 12.3. The molecule has 5 nitrogen and oxygen atoms in total. The lowest BCUT2D eigenvalue weighted by Crippen LogP contribution is -2.57.